The Labute approximate surface area is 231 Å². The molecule has 0 spiro atoms. The van der Waals surface area contributed by atoms with Gasteiger partial charge in [-0.25, -0.2) is 9.79 Å². The number of allylic oxidation sites excluding steroid dienone is 1. The van der Waals surface area contributed by atoms with E-state index in [4.69, 9.17) is 14.2 Å². The molecule has 0 aliphatic carbocycles. The molecule has 0 amide bonds. The van der Waals surface area contributed by atoms with E-state index in [1.165, 1.54) is 29.9 Å². The minimum atomic E-state index is -0.762. The maximum Gasteiger partial charge on any atom is 0.338 e. The van der Waals surface area contributed by atoms with Gasteiger partial charge in [0.2, 0.25) is 0 Å². The van der Waals surface area contributed by atoms with E-state index in [9.17, 15) is 9.59 Å². The fourth-order valence-electron chi connectivity index (χ4n) is 5.27. The summed E-state index contributed by atoms with van der Waals surface area (Å²) in [6.07, 6.45) is 4.35. The number of fused-ring (bicyclic) bond motifs is 1. The van der Waals surface area contributed by atoms with Crippen LogP contribution in [0.3, 0.4) is 0 Å². The Balaban J connectivity index is 1.67. The van der Waals surface area contributed by atoms with Crippen LogP contribution in [0.4, 0.5) is 5.69 Å². The van der Waals surface area contributed by atoms with Crippen LogP contribution in [0.1, 0.15) is 49.4 Å². The van der Waals surface area contributed by atoms with Gasteiger partial charge in [0.05, 0.1) is 36.6 Å². The molecule has 2 aromatic carbocycles. The number of anilines is 1. The summed E-state index contributed by atoms with van der Waals surface area (Å²) in [4.78, 5) is 34.8. The van der Waals surface area contributed by atoms with Gasteiger partial charge in [-0.15, -0.1) is 0 Å². The van der Waals surface area contributed by atoms with Crippen molar-refractivity contribution in [1.29, 1.82) is 0 Å². The van der Waals surface area contributed by atoms with Crippen LogP contribution in [-0.4, -0.2) is 44.5 Å². The Bertz CT molecular complexity index is 1630. The summed E-state index contributed by atoms with van der Waals surface area (Å²) in [6.45, 7) is 7.95. The molecule has 3 heterocycles. The van der Waals surface area contributed by atoms with Crippen molar-refractivity contribution >= 4 is 29.1 Å². The van der Waals surface area contributed by atoms with Crippen LogP contribution in [-0.2, 0) is 9.53 Å². The molecule has 2 aliphatic heterocycles. The molecule has 0 N–H and O–H groups in total. The van der Waals surface area contributed by atoms with Gasteiger partial charge in [0.15, 0.2) is 4.80 Å². The Morgan fingerprint density at radius 2 is 1.87 bits per heavy atom. The molecule has 1 aromatic heterocycles. The van der Waals surface area contributed by atoms with Gasteiger partial charge < -0.3 is 19.1 Å². The van der Waals surface area contributed by atoms with E-state index in [2.05, 4.69) is 35.0 Å². The van der Waals surface area contributed by atoms with Crippen LogP contribution >= 0.6 is 11.3 Å². The largest absolute Gasteiger partial charge is 0.497 e. The number of rotatable bonds is 7. The van der Waals surface area contributed by atoms with Gasteiger partial charge in [0, 0.05) is 30.4 Å². The summed E-state index contributed by atoms with van der Waals surface area (Å²) >= 11 is 1.31. The number of esters is 1. The molecular formula is C30H33N3O5S. The second kappa shape index (κ2) is 11.1. The first-order valence-electron chi connectivity index (χ1n) is 13.1. The molecule has 3 aromatic rings. The standard InChI is InChI=1S/C30H33N3O5S/c1-6-38-29(35)26-19(3)31-30-33(27(26)23-12-11-22(36-4)17-24(23)37-5)28(34)25(39-30)16-20-9-10-21(15-18(20)2)32-13-7-8-14-32/h9-12,15-17,27H,6-8,13-14H2,1-5H3/b25-16+/t27-/m0/s1. The van der Waals surface area contributed by atoms with Gasteiger partial charge in [0.25, 0.3) is 5.56 Å². The van der Waals surface area contributed by atoms with E-state index >= 15 is 0 Å². The van der Waals surface area contributed by atoms with Crippen molar-refractivity contribution < 1.29 is 19.0 Å². The quantitative estimate of drug-likeness (QED) is 0.420. The monoisotopic (exact) mass is 547 g/mol. The number of hydrogen-bond acceptors (Lipinski definition) is 8. The summed E-state index contributed by atoms with van der Waals surface area (Å²) in [5, 5.41) is 0. The molecular weight excluding hydrogens is 514 g/mol. The third-order valence-corrected chi connectivity index (χ3v) is 8.25. The number of thiazole rings is 1. The molecule has 0 saturated carbocycles. The van der Waals surface area contributed by atoms with Crippen molar-refractivity contribution in [3.8, 4) is 11.5 Å². The van der Waals surface area contributed by atoms with Gasteiger partial charge in [-0.3, -0.25) is 9.36 Å². The molecule has 39 heavy (non-hydrogen) atoms. The smallest absolute Gasteiger partial charge is 0.338 e. The van der Waals surface area contributed by atoms with E-state index in [1.54, 1.807) is 44.8 Å². The van der Waals surface area contributed by atoms with Crippen LogP contribution < -0.4 is 29.3 Å². The van der Waals surface area contributed by atoms with Gasteiger partial charge >= 0.3 is 5.97 Å². The van der Waals surface area contributed by atoms with Crippen molar-refractivity contribution in [2.24, 2.45) is 4.99 Å². The molecule has 1 fully saturated rings. The van der Waals surface area contributed by atoms with E-state index in [-0.39, 0.29) is 12.2 Å². The average molecular weight is 548 g/mol. The fourth-order valence-corrected chi connectivity index (χ4v) is 6.30. The first-order chi connectivity index (χ1) is 18.9. The number of carbonyl (C=O) groups is 1. The lowest BCUT2D eigenvalue weighted by molar-refractivity contribution is -0.139. The Morgan fingerprint density at radius 1 is 1.10 bits per heavy atom. The number of ether oxygens (including phenoxy) is 3. The number of benzene rings is 2. The number of nitrogens with zero attached hydrogens (tertiary/aromatic N) is 3. The van der Waals surface area contributed by atoms with Crippen molar-refractivity contribution in [3.05, 3.63) is 84.0 Å². The molecule has 2 aliphatic rings. The van der Waals surface area contributed by atoms with Crippen LogP contribution in [0.25, 0.3) is 6.08 Å². The van der Waals surface area contributed by atoms with E-state index < -0.39 is 12.0 Å². The van der Waals surface area contributed by atoms with Gasteiger partial charge in [-0.1, -0.05) is 17.4 Å². The van der Waals surface area contributed by atoms with Crippen molar-refractivity contribution in [2.45, 2.75) is 39.7 Å². The summed E-state index contributed by atoms with van der Waals surface area (Å²) in [5.41, 5.74) is 4.53. The number of aryl methyl sites for hydroxylation is 1. The first kappa shape index (κ1) is 26.7. The zero-order valence-corrected chi connectivity index (χ0v) is 23.8. The number of aromatic nitrogens is 1. The van der Waals surface area contributed by atoms with Crippen LogP contribution in [0.15, 0.2) is 57.5 Å². The lowest BCUT2D eigenvalue weighted by Gasteiger charge is -2.26. The summed E-state index contributed by atoms with van der Waals surface area (Å²) in [5.74, 6) is 0.595. The third kappa shape index (κ3) is 4.98. The topological polar surface area (TPSA) is 82.4 Å². The normalized spacial score (nSPS) is 17.2. The molecule has 0 radical (unpaired) electrons. The van der Waals surface area contributed by atoms with Gasteiger partial charge in [0.1, 0.15) is 17.5 Å². The van der Waals surface area contributed by atoms with Crippen LogP contribution in [0.5, 0.6) is 11.5 Å². The number of carbonyl (C=O) groups excluding carboxylic acids is 1. The van der Waals surface area contributed by atoms with E-state index in [0.717, 1.165) is 24.2 Å². The molecule has 5 rings (SSSR count). The Hall–Kier alpha value is -3.85. The molecule has 204 valence electrons. The zero-order chi connectivity index (χ0) is 27.7. The van der Waals surface area contributed by atoms with Crippen molar-refractivity contribution in [3.63, 3.8) is 0 Å². The zero-order valence-electron chi connectivity index (χ0n) is 22.9. The molecule has 1 atom stereocenters. The highest BCUT2D eigenvalue weighted by atomic mass is 32.1. The molecule has 1 saturated heterocycles. The van der Waals surface area contributed by atoms with Gasteiger partial charge in [-0.05, 0) is 75.1 Å². The summed E-state index contributed by atoms with van der Waals surface area (Å²) in [7, 11) is 3.13. The molecule has 9 heteroatoms. The minimum absolute atomic E-state index is 0.208. The van der Waals surface area contributed by atoms with E-state index in [1.807, 2.05) is 12.1 Å². The second-order valence-electron chi connectivity index (χ2n) is 9.65. The minimum Gasteiger partial charge on any atom is -0.497 e. The second-order valence-corrected chi connectivity index (χ2v) is 10.7. The average Bonchev–Trinajstić information content (AvgIpc) is 3.57. The number of hydrogen-bond donors (Lipinski definition) is 0. The maximum absolute atomic E-state index is 14.0. The third-order valence-electron chi connectivity index (χ3n) is 7.26. The SMILES string of the molecule is CCOC(=O)C1=C(C)N=c2s/c(=C/c3ccc(N4CCCC4)cc3C)c(=O)n2[C@H]1c1ccc(OC)cc1OC. The highest BCUT2D eigenvalue weighted by Crippen LogP contribution is 2.37. The summed E-state index contributed by atoms with van der Waals surface area (Å²) < 4.78 is 18.6. The fraction of sp³-hybridized carbons (Fsp3) is 0.367. The van der Waals surface area contributed by atoms with Crippen molar-refractivity contribution in [1.82, 2.24) is 4.57 Å². The number of methoxy groups -OCH3 is 2. The Kier molecular flexibility index (Phi) is 7.61. The van der Waals surface area contributed by atoms with E-state index in [0.29, 0.717) is 37.7 Å². The molecule has 0 bridgehead atoms. The van der Waals surface area contributed by atoms with Crippen LogP contribution in [0.2, 0.25) is 0 Å². The predicted molar refractivity (Wildman–Crippen MR) is 153 cm³/mol. The van der Waals surface area contributed by atoms with Crippen molar-refractivity contribution in [2.75, 3.05) is 38.8 Å². The summed E-state index contributed by atoms with van der Waals surface area (Å²) in [6, 6.07) is 11.0. The lowest BCUT2D eigenvalue weighted by atomic mass is 9.95. The van der Waals surface area contributed by atoms with Gasteiger partial charge in [-0.2, -0.15) is 0 Å². The molecule has 8 nitrogen and oxygen atoms in total. The lowest BCUT2D eigenvalue weighted by Crippen LogP contribution is -2.40. The highest BCUT2D eigenvalue weighted by Gasteiger charge is 2.35. The first-order valence-corrected chi connectivity index (χ1v) is 13.9. The highest BCUT2D eigenvalue weighted by molar-refractivity contribution is 7.07. The predicted octanol–water partition coefficient (Wildman–Crippen LogP) is 3.72. The maximum atomic E-state index is 14.0. The van der Waals surface area contributed by atoms with Crippen LogP contribution in [0, 0.1) is 6.92 Å². The Morgan fingerprint density at radius 3 is 2.54 bits per heavy atom. The molecule has 0 unspecified atom stereocenters.